The highest BCUT2D eigenvalue weighted by Crippen LogP contribution is 2.59. The molecule has 32 heavy (non-hydrogen) atoms. The molecule has 4 aliphatic rings. The lowest BCUT2D eigenvalue weighted by Gasteiger charge is -2.46. The van der Waals surface area contributed by atoms with Gasteiger partial charge in [-0.15, -0.1) is 0 Å². The average Bonchev–Trinajstić information content (AvgIpc) is 3.65. The largest absolute Gasteiger partial charge is 0.443 e. The topological polar surface area (TPSA) is 67.1 Å². The Hall–Kier alpha value is -1.15. The van der Waals surface area contributed by atoms with Crippen molar-refractivity contribution in [3.8, 4) is 0 Å². The standard InChI is InChI=1S/C25H42N2O5/c1-7-26(8-2)15-18-12-14-27(18)23(28)31-19-11-13-25(16-30-25)22(21(19)29-6)24(5)20(32-24)10-9-17(3)4/h9,18-22H,7-8,10-16H2,1-6H3/t18-,19+,20+,21+,22?,24-,25-/m0/s1. The molecular formula is C25H42N2O5. The van der Waals surface area contributed by atoms with E-state index in [0.717, 1.165) is 58.5 Å². The number of methoxy groups -OCH3 is 1. The molecule has 1 amide bonds. The fraction of sp³-hybridized carbons (Fsp3) is 0.880. The molecule has 7 atom stereocenters. The third kappa shape index (κ3) is 4.46. The number of rotatable bonds is 9. The smallest absolute Gasteiger partial charge is 0.410 e. The Kier molecular flexibility index (Phi) is 6.93. The van der Waals surface area contributed by atoms with Gasteiger partial charge < -0.3 is 28.7 Å². The highest BCUT2D eigenvalue weighted by Gasteiger charge is 2.72. The van der Waals surface area contributed by atoms with E-state index in [1.807, 2.05) is 4.90 Å². The fourth-order valence-corrected chi connectivity index (χ4v) is 5.92. The minimum Gasteiger partial charge on any atom is -0.443 e. The summed E-state index contributed by atoms with van der Waals surface area (Å²) in [6, 6.07) is 0.249. The highest BCUT2D eigenvalue weighted by atomic mass is 16.6. The predicted octanol–water partition coefficient (Wildman–Crippen LogP) is 3.62. The summed E-state index contributed by atoms with van der Waals surface area (Å²) in [4.78, 5) is 17.3. The van der Waals surface area contributed by atoms with Crippen molar-refractivity contribution in [1.82, 2.24) is 9.80 Å². The molecule has 0 aromatic carbocycles. The number of carbonyl (C=O) groups is 1. The van der Waals surface area contributed by atoms with Crippen LogP contribution in [0.1, 0.15) is 60.3 Å². The van der Waals surface area contributed by atoms with Crippen LogP contribution in [0.3, 0.4) is 0 Å². The Labute approximate surface area is 193 Å². The maximum atomic E-state index is 13.1. The minimum absolute atomic E-state index is 0.0602. The van der Waals surface area contributed by atoms with E-state index in [-0.39, 0.29) is 47.6 Å². The van der Waals surface area contributed by atoms with Crippen LogP contribution >= 0.6 is 0 Å². The quantitative estimate of drug-likeness (QED) is 0.395. The van der Waals surface area contributed by atoms with Crippen molar-refractivity contribution in [2.24, 2.45) is 5.92 Å². The van der Waals surface area contributed by atoms with Crippen molar-refractivity contribution in [2.75, 3.05) is 39.9 Å². The molecule has 1 saturated carbocycles. The first-order valence-corrected chi connectivity index (χ1v) is 12.5. The van der Waals surface area contributed by atoms with Crippen molar-refractivity contribution in [2.45, 2.75) is 95.9 Å². The van der Waals surface area contributed by atoms with Crippen molar-refractivity contribution < 1.29 is 23.7 Å². The van der Waals surface area contributed by atoms with Crippen LogP contribution in [0.2, 0.25) is 0 Å². The zero-order valence-electron chi connectivity index (χ0n) is 20.8. The lowest BCUT2D eigenvalue weighted by atomic mass is 9.68. The molecule has 1 unspecified atom stereocenters. The van der Waals surface area contributed by atoms with Crippen LogP contribution < -0.4 is 0 Å². The van der Waals surface area contributed by atoms with Crippen LogP contribution in [0.5, 0.6) is 0 Å². The number of allylic oxidation sites excluding steroid dienone is 1. The molecule has 4 rings (SSSR count). The van der Waals surface area contributed by atoms with E-state index in [9.17, 15) is 4.79 Å². The number of hydrogen-bond donors (Lipinski definition) is 0. The van der Waals surface area contributed by atoms with Crippen LogP contribution in [0.15, 0.2) is 11.6 Å². The molecule has 3 saturated heterocycles. The second-order valence-electron chi connectivity index (χ2n) is 10.4. The minimum atomic E-state index is -0.309. The number of likely N-dealkylation sites (tertiary alicyclic amines) is 1. The van der Waals surface area contributed by atoms with Gasteiger partial charge in [0.05, 0.1) is 18.6 Å². The van der Waals surface area contributed by atoms with Crippen LogP contribution in [0, 0.1) is 5.92 Å². The second kappa shape index (κ2) is 9.24. The lowest BCUT2D eigenvalue weighted by molar-refractivity contribution is -0.125. The number of epoxide rings is 2. The Balaban J connectivity index is 1.42. The summed E-state index contributed by atoms with van der Waals surface area (Å²) in [5.74, 6) is 0.0602. The third-order valence-corrected chi connectivity index (χ3v) is 8.23. The maximum Gasteiger partial charge on any atom is 0.410 e. The first-order valence-electron chi connectivity index (χ1n) is 12.5. The van der Waals surface area contributed by atoms with Gasteiger partial charge in [0.2, 0.25) is 0 Å². The molecule has 1 spiro atoms. The third-order valence-electron chi connectivity index (χ3n) is 8.23. The van der Waals surface area contributed by atoms with Crippen molar-refractivity contribution in [1.29, 1.82) is 0 Å². The summed E-state index contributed by atoms with van der Waals surface area (Å²) in [6.07, 6.45) is 5.29. The van der Waals surface area contributed by atoms with Gasteiger partial charge in [0, 0.05) is 26.2 Å². The van der Waals surface area contributed by atoms with E-state index < -0.39 is 0 Å². The second-order valence-corrected chi connectivity index (χ2v) is 10.4. The van der Waals surface area contributed by atoms with Gasteiger partial charge in [0.1, 0.15) is 23.4 Å². The number of likely N-dealkylation sites (N-methyl/N-ethyl adjacent to an activating group) is 1. The molecule has 1 aliphatic carbocycles. The monoisotopic (exact) mass is 450 g/mol. The molecule has 0 radical (unpaired) electrons. The molecule has 182 valence electrons. The zero-order chi connectivity index (χ0) is 23.1. The van der Waals surface area contributed by atoms with Crippen LogP contribution in [-0.2, 0) is 18.9 Å². The summed E-state index contributed by atoms with van der Waals surface area (Å²) in [7, 11) is 1.73. The molecule has 7 heteroatoms. The van der Waals surface area contributed by atoms with Crippen LogP contribution in [-0.4, -0.2) is 91.3 Å². The summed E-state index contributed by atoms with van der Waals surface area (Å²) >= 11 is 0. The molecule has 7 nitrogen and oxygen atoms in total. The van der Waals surface area contributed by atoms with Crippen LogP contribution in [0.25, 0.3) is 0 Å². The SMILES string of the molecule is CCN(CC)C[C@@H]1CCN1C(=O)O[C@@H]1CC[C@]2(CO2)C([C@@]2(C)O[C@@H]2CC=C(C)C)[C@@H]1OC. The Morgan fingerprint density at radius 2 is 1.97 bits per heavy atom. The van der Waals surface area contributed by atoms with E-state index in [1.165, 1.54) is 5.57 Å². The predicted molar refractivity (Wildman–Crippen MR) is 123 cm³/mol. The van der Waals surface area contributed by atoms with Crippen molar-refractivity contribution in [3.63, 3.8) is 0 Å². The van der Waals surface area contributed by atoms with Crippen LogP contribution in [0.4, 0.5) is 4.79 Å². The van der Waals surface area contributed by atoms with E-state index in [4.69, 9.17) is 18.9 Å². The first-order chi connectivity index (χ1) is 15.3. The molecule has 0 aromatic rings. The zero-order valence-corrected chi connectivity index (χ0v) is 20.8. The van der Waals surface area contributed by atoms with Gasteiger partial charge in [-0.2, -0.15) is 0 Å². The van der Waals surface area contributed by atoms with Gasteiger partial charge in [-0.1, -0.05) is 25.5 Å². The number of amides is 1. The Morgan fingerprint density at radius 1 is 1.25 bits per heavy atom. The normalized spacial score (nSPS) is 40.2. The molecular weight excluding hydrogens is 408 g/mol. The average molecular weight is 451 g/mol. The number of hydrogen-bond acceptors (Lipinski definition) is 6. The molecule has 0 N–H and O–H groups in total. The van der Waals surface area contributed by atoms with Gasteiger partial charge in [-0.05, 0) is 59.5 Å². The van der Waals surface area contributed by atoms with Gasteiger partial charge in [-0.25, -0.2) is 4.79 Å². The van der Waals surface area contributed by atoms with E-state index in [1.54, 1.807) is 7.11 Å². The van der Waals surface area contributed by atoms with Gasteiger partial charge in [0.25, 0.3) is 0 Å². The molecule has 0 bridgehead atoms. The Morgan fingerprint density at radius 3 is 2.50 bits per heavy atom. The number of nitrogens with zero attached hydrogens (tertiary/aromatic N) is 2. The summed E-state index contributed by atoms with van der Waals surface area (Å²) in [5.41, 5.74) is 0.795. The highest BCUT2D eigenvalue weighted by molar-refractivity contribution is 5.69. The number of carbonyl (C=O) groups excluding carboxylic acids is 1. The van der Waals surface area contributed by atoms with E-state index in [0.29, 0.717) is 0 Å². The fourth-order valence-electron chi connectivity index (χ4n) is 5.92. The van der Waals surface area contributed by atoms with Crippen molar-refractivity contribution >= 4 is 6.09 Å². The lowest BCUT2D eigenvalue weighted by Crippen LogP contribution is -2.59. The van der Waals surface area contributed by atoms with Gasteiger partial charge in [-0.3, -0.25) is 0 Å². The number of ether oxygens (including phenoxy) is 4. The Bertz CT molecular complexity index is 715. The summed E-state index contributed by atoms with van der Waals surface area (Å²) in [6.45, 7) is 15.2. The first kappa shape index (κ1) is 24.0. The molecule has 3 aliphatic heterocycles. The summed E-state index contributed by atoms with van der Waals surface area (Å²) in [5, 5.41) is 0. The molecule has 0 aromatic heterocycles. The van der Waals surface area contributed by atoms with Crippen molar-refractivity contribution in [3.05, 3.63) is 11.6 Å². The van der Waals surface area contributed by atoms with E-state index >= 15 is 0 Å². The molecule has 3 heterocycles. The van der Waals surface area contributed by atoms with Gasteiger partial charge in [0.15, 0.2) is 0 Å². The van der Waals surface area contributed by atoms with E-state index in [2.05, 4.69) is 45.6 Å². The molecule has 4 fully saturated rings. The maximum absolute atomic E-state index is 13.1. The van der Waals surface area contributed by atoms with Gasteiger partial charge >= 0.3 is 6.09 Å². The summed E-state index contributed by atoms with van der Waals surface area (Å²) < 4.78 is 24.4.